The number of hydrogen-bond donors (Lipinski definition) is 3. The van der Waals surface area contributed by atoms with Crippen LogP contribution in [0.2, 0.25) is 0 Å². The highest BCUT2D eigenvalue weighted by Crippen LogP contribution is 2.38. The van der Waals surface area contributed by atoms with Crippen LogP contribution in [0.5, 0.6) is 0 Å². The summed E-state index contributed by atoms with van der Waals surface area (Å²) in [4.78, 5) is 20.8. The topological polar surface area (TPSA) is 112 Å². The van der Waals surface area contributed by atoms with E-state index < -0.39 is 10.0 Å². The fraction of sp³-hybridized carbons (Fsp3) is 0.321. The molecule has 2 heterocycles. The number of amides is 1. The Balaban J connectivity index is 1.56. The van der Waals surface area contributed by atoms with Crippen LogP contribution in [-0.4, -0.2) is 74.0 Å². The van der Waals surface area contributed by atoms with Gasteiger partial charge in [-0.3, -0.25) is 9.52 Å². The molecule has 0 radical (unpaired) electrons. The second kappa shape index (κ2) is 10.9. The van der Waals surface area contributed by atoms with Crippen molar-refractivity contribution >= 4 is 55.0 Å². The van der Waals surface area contributed by atoms with Gasteiger partial charge in [-0.2, -0.15) is 0 Å². The summed E-state index contributed by atoms with van der Waals surface area (Å²) in [6, 6.07) is 17.3. The van der Waals surface area contributed by atoms with E-state index in [4.69, 9.17) is 17.3 Å². The van der Waals surface area contributed by atoms with E-state index in [1.54, 1.807) is 6.07 Å². The number of H-pyrrole nitrogens is 1. The SMILES string of the molecule is CN1CCN(C(=O)c2ccc3c(c2)[nH]c2cccc(-c4cccc(NS(=O)(=O)CCCCl)c4CN)c23)CC1. The summed E-state index contributed by atoms with van der Waals surface area (Å²) >= 11 is 5.70. The number of alkyl halides is 1. The number of halogens is 1. The predicted molar refractivity (Wildman–Crippen MR) is 155 cm³/mol. The Morgan fingerprint density at radius 1 is 1.03 bits per heavy atom. The first-order valence-corrected chi connectivity index (χ1v) is 14.9. The molecule has 1 aliphatic rings. The van der Waals surface area contributed by atoms with Crippen LogP contribution in [0.25, 0.3) is 32.9 Å². The van der Waals surface area contributed by atoms with Crippen molar-refractivity contribution in [1.82, 2.24) is 14.8 Å². The van der Waals surface area contributed by atoms with Crippen molar-refractivity contribution in [2.45, 2.75) is 13.0 Å². The van der Waals surface area contributed by atoms with Crippen LogP contribution in [0.15, 0.2) is 54.6 Å². The zero-order chi connectivity index (χ0) is 26.9. The van der Waals surface area contributed by atoms with Gasteiger partial charge >= 0.3 is 0 Å². The minimum atomic E-state index is -3.55. The Hall–Kier alpha value is -3.11. The van der Waals surface area contributed by atoms with Gasteiger partial charge in [0.25, 0.3) is 5.91 Å². The molecular weight excluding hydrogens is 522 g/mol. The molecule has 3 aromatic carbocycles. The van der Waals surface area contributed by atoms with Crippen molar-refractivity contribution in [1.29, 1.82) is 0 Å². The molecule has 0 atom stereocenters. The Morgan fingerprint density at radius 2 is 1.76 bits per heavy atom. The average Bonchev–Trinajstić information content (AvgIpc) is 3.29. The van der Waals surface area contributed by atoms with Gasteiger partial charge in [-0.25, -0.2) is 8.42 Å². The van der Waals surface area contributed by atoms with Gasteiger partial charge in [0.2, 0.25) is 10.0 Å². The minimum absolute atomic E-state index is 0.0402. The average molecular weight is 554 g/mol. The van der Waals surface area contributed by atoms with Gasteiger partial charge in [0, 0.05) is 66.0 Å². The molecule has 1 aliphatic heterocycles. The first-order chi connectivity index (χ1) is 18.3. The summed E-state index contributed by atoms with van der Waals surface area (Å²) < 4.78 is 27.9. The number of anilines is 1. The minimum Gasteiger partial charge on any atom is -0.354 e. The fourth-order valence-corrected chi connectivity index (χ4v) is 6.57. The number of rotatable bonds is 8. The molecule has 1 saturated heterocycles. The van der Waals surface area contributed by atoms with E-state index in [0.29, 0.717) is 23.2 Å². The molecule has 10 heteroatoms. The normalized spacial score (nSPS) is 14.9. The Labute approximate surface area is 227 Å². The van der Waals surface area contributed by atoms with Crippen molar-refractivity contribution < 1.29 is 13.2 Å². The Kier molecular flexibility index (Phi) is 7.63. The number of likely N-dealkylation sites (N-methyl/N-ethyl adjacent to an activating group) is 1. The number of carbonyl (C=O) groups is 1. The molecule has 0 bridgehead atoms. The largest absolute Gasteiger partial charge is 0.354 e. The van der Waals surface area contributed by atoms with Crippen LogP contribution in [0.3, 0.4) is 0 Å². The molecule has 0 spiro atoms. The standard InChI is InChI=1S/C28H32ClN5O3S/c1-33-12-14-34(15-13-33)28(35)19-9-10-22-26(17-19)31-25-8-3-6-21(27(22)25)20-5-2-7-24(23(20)18-30)32-38(36,37)16-4-11-29/h2-3,5-10,17,31-32H,4,11-16,18,30H2,1H3. The Bertz CT molecular complexity index is 1590. The quantitative estimate of drug-likeness (QED) is 0.283. The van der Waals surface area contributed by atoms with Crippen LogP contribution in [0, 0.1) is 0 Å². The van der Waals surface area contributed by atoms with Crippen LogP contribution in [0.4, 0.5) is 5.69 Å². The Morgan fingerprint density at radius 3 is 2.50 bits per heavy atom. The van der Waals surface area contributed by atoms with Gasteiger partial charge in [-0.05, 0) is 54.4 Å². The highest BCUT2D eigenvalue weighted by Gasteiger charge is 2.22. The van der Waals surface area contributed by atoms with E-state index in [-0.39, 0.29) is 24.1 Å². The molecule has 38 heavy (non-hydrogen) atoms. The summed E-state index contributed by atoms with van der Waals surface area (Å²) in [6.07, 6.45) is 0.364. The molecule has 1 aromatic heterocycles. The number of fused-ring (bicyclic) bond motifs is 3. The van der Waals surface area contributed by atoms with Crippen LogP contribution >= 0.6 is 11.6 Å². The van der Waals surface area contributed by atoms with Crippen LogP contribution in [-0.2, 0) is 16.6 Å². The monoisotopic (exact) mass is 553 g/mol. The predicted octanol–water partition coefficient (Wildman–Crippen LogP) is 4.21. The molecule has 4 N–H and O–H groups in total. The number of aromatic nitrogens is 1. The molecule has 200 valence electrons. The summed E-state index contributed by atoms with van der Waals surface area (Å²) in [7, 11) is -1.49. The molecule has 4 aromatic rings. The van der Waals surface area contributed by atoms with E-state index in [2.05, 4.69) is 21.7 Å². The lowest BCUT2D eigenvalue weighted by molar-refractivity contribution is 0.0664. The number of nitrogens with one attached hydrogen (secondary N) is 2. The lowest BCUT2D eigenvalue weighted by atomic mass is 9.94. The van der Waals surface area contributed by atoms with E-state index in [0.717, 1.165) is 59.1 Å². The molecular formula is C28H32ClN5O3S. The number of piperazine rings is 1. The molecule has 1 fully saturated rings. The third-order valence-electron chi connectivity index (χ3n) is 7.14. The van der Waals surface area contributed by atoms with Gasteiger partial charge in [0.15, 0.2) is 0 Å². The maximum Gasteiger partial charge on any atom is 0.254 e. The van der Waals surface area contributed by atoms with Crippen molar-refractivity contribution in [2.75, 3.05) is 49.6 Å². The summed E-state index contributed by atoms with van der Waals surface area (Å²) in [5, 5.41) is 1.99. The summed E-state index contributed by atoms with van der Waals surface area (Å²) in [6.45, 7) is 3.34. The highest BCUT2D eigenvalue weighted by atomic mass is 35.5. The molecule has 1 amide bonds. The van der Waals surface area contributed by atoms with Crippen molar-refractivity contribution in [3.63, 3.8) is 0 Å². The van der Waals surface area contributed by atoms with Crippen molar-refractivity contribution in [3.05, 3.63) is 65.7 Å². The zero-order valence-electron chi connectivity index (χ0n) is 21.3. The van der Waals surface area contributed by atoms with E-state index >= 15 is 0 Å². The van der Waals surface area contributed by atoms with Crippen LogP contribution < -0.4 is 10.5 Å². The number of hydrogen-bond acceptors (Lipinski definition) is 5. The maximum absolute atomic E-state index is 13.2. The van der Waals surface area contributed by atoms with Gasteiger partial charge in [0.05, 0.1) is 11.4 Å². The van der Waals surface area contributed by atoms with Crippen molar-refractivity contribution in [2.24, 2.45) is 5.73 Å². The zero-order valence-corrected chi connectivity index (χ0v) is 22.9. The third kappa shape index (κ3) is 5.24. The second-order valence-corrected chi connectivity index (χ2v) is 11.9. The maximum atomic E-state index is 13.2. The molecule has 8 nitrogen and oxygen atoms in total. The van der Waals surface area contributed by atoms with E-state index in [1.165, 1.54) is 0 Å². The second-order valence-electron chi connectivity index (χ2n) is 9.71. The first kappa shape index (κ1) is 26.5. The molecule has 0 unspecified atom stereocenters. The van der Waals surface area contributed by atoms with Gasteiger partial charge in [-0.1, -0.05) is 30.3 Å². The van der Waals surface area contributed by atoms with E-state index in [1.807, 2.05) is 53.4 Å². The third-order valence-corrected chi connectivity index (χ3v) is 8.77. The lowest BCUT2D eigenvalue weighted by Gasteiger charge is -2.32. The number of sulfonamides is 1. The van der Waals surface area contributed by atoms with Crippen molar-refractivity contribution in [3.8, 4) is 11.1 Å². The number of carbonyl (C=O) groups excluding carboxylic acids is 1. The van der Waals surface area contributed by atoms with Crippen LogP contribution in [0.1, 0.15) is 22.3 Å². The smallest absolute Gasteiger partial charge is 0.254 e. The van der Waals surface area contributed by atoms with Gasteiger partial charge < -0.3 is 20.5 Å². The molecule has 0 saturated carbocycles. The fourth-order valence-electron chi connectivity index (χ4n) is 5.12. The number of nitrogens with two attached hydrogens (primary N) is 1. The van der Waals surface area contributed by atoms with E-state index in [9.17, 15) is 13.2 Å². The highest BCUT2D eigenvalue weighted by molar-refractivity contribution is 7.92. The molecule has 0 aliphatic carbocycles. The summed E-state index contributed by atoms with van der Waals surface area (Å²) in [5.74, 6) is 0.256. The number of aromatic amines is 1. The number of nitrogens with zero attached hydrogens (tertiary/aromatic N) is 2. The summed E-state index contributed by atoms with van der Waals surface area (Å²) in [5.41, 5.74) is 11.6. The van der Waals surface area contributed by atoms with Gasteiger partial charge in [0.1, 0.15) is 0 Å². The van der Waals surface area contributed by atoms with Gasteiger partial charge in [-0.15, -0.1) is 11.6 Å². The first-order valence-electron chi connectivity index (χ1n) is 12.7. The molecule has 5 rings (SSSR count). The number of benzene rings is 3. The lowest BCUT2D eigenvalue weighted by Crippen LogP contribution is -2.47.